The van der Waals surface area contributed by atoms with Crippen LogP contribution in [0, 0.1) is 40.9 Å². The highest BCUT2D eigenvalue weighted by Gasteiger charge is 2.59. The Hall–Kier alpha value is -0.500. The first kappa shape index (κ1) is 19.8. The highest BCUT2D eigenvalue weighted by Crippen LogP contribution is 2.67. The van der Waals surface area contributed by atoms with E-state index in [2.05, 4.69) is 45.6 Å². The average molecular weight is 386 g/mol. The maximum Gasteiger partial charge on any atom is 0.0783 e. The van der Waals surface area contributed by atoms with E-state index in [1.54, 1.807) is 0 Å². The Kier molecular flexibility index (Phi) is 5.93. The van der Waals surface area contributed by atoms with Gasteiger partial charge in [-0.2, -0.15) is 0 Å². The van der Waals surface area contributed by atoms with Crippen molar-refractivity contribution >= 4 is 16.8 Å². The maximum atomic E-state index is 4.94. The van der Waals surface area contributed by atoms with Crippen molar-refractivity contribution < 1.29 is 0 Å². The molecule has 0 amide bonds. The molecule has 0 aromatic rings. The van der Waals surface area contributed by atoms with Crippen LogP contribution in [0.3, 0.4) is 0 Å². The van der Waals surface area contributed by atoms with Crippen LogP contribution < -0.4 is 0 Å². The third kappa shape index (κ3) is 4.92. The van der Waals surface area contributed by atoms with Gasteiger partial charge < -0.3 is 0 Å². The summed E-state index contributed by atoms with van der Waals surface area (Å²) in [5.41, 5.74) is 0.677. The minimum absolute atomic E-state index is 0.470. The van der Waals surface area contributed by atoms with Gasteiger partial charge in [0, 0.05) is 11.7 Å². The smallest absolute Gasteiger partial charge is 0.0783 e. The van der Waals surface area contributed by atoms with Crippen LogP contribution in [0.15, 0.2) is 29.8 Å². The standard InChI is InChI=1S/C25H39NS/c1-5-8-17(2)11-12-25(4)15-23(25)22-14-19(22)9-6-7-10-20-16-27-24(26-20)21-13-18(21)3/h5,7,10,17-23H,1,6,8-9,11-16H2,2-4H3/b10-7-. The Morgan fingerprint density at radius 2 is 2.19 bits per heavy atom. The zero-order valence-electron chi connectivity index (χ0n) is 17.7. The van der Waals surface area contributed by atoms with E-state index in [0.717, 1.165) is 35.5 Å². The summed E-state index contributed by atoms with van der Waals surface area (Å²) in [5, 5.41) is 1.45. The van der Waals surface area contributed by atoms with Gasteiger partial charge in [0.1, 0.15) is 0 Å². The Morgan fingerprint density at radius 3 is 2.93 bits per heavy atom. The van der Waals surface area contributed by atoms with Crippen molar-refractivity contribution in [1.82, 2.24) is 0 Å². The van der Waals surface area contributed by atoms with Gasteiger partial charge in [0.15, 0.2) is 0 Å². The van der Waals surface area contributed by atoms with Crippen LogP contribution in [0.4, 0.5) is 0 Å². The Balaban J connectivity index is 1.11. The maximum absolute atomic E-state index is 4.94. The molecule has 27 heavy (non-hydrogen) atoms. The molecule has 0 aromatic heterocycles. The summed E-state index contributed by atoms with van der Waals surface area (Å²) in [7, 11) is 0. The van der Waals surface area contributed by atoms with Gasteiger partial charge in [0.2, 0.25) is 0 Å². The molecule has 3 fully saturated rings. The summed E-state index contributed by atoms with van der Waals surface area (Å²) < 4.78 is 0. The van der Waals surface area contributed by atoms with Gasteiger partial charge in [-0.3, -0.25) is 4.99 Å². The van der Waals surface area contributed by atoms with Crippen molar-refractivity contribution in [2.24, 2.45) is 45.9 Å². The lowest BCUT2D eigenvalue weighted by molar-refractivity contribution is 0.371. The molecule has 0 aromatic carbocycles. The molecule has 150 valence electrons. The van der Waals surface area contributed by atoms with Gasteiger partial charge in [-0.25, -0.2) is 0 Å². The lowest BCUT2D eigenvalue weighted by Gasteiger charge is -2.14. The molecule has 1 nitrogen and oxygen atoms in total. The summed E-state index contributed by atoms with van der Waals surface area (Å²) in [5.74, 6) is 6.84. The minimum Gasteiger partial charge on any atom is -0.274 e. The Bertz CT molecular complexity index is 607. The van der Waals surface area contributed by atoms with Crippen LogP contribution in [0.5, 0.6) is 0 Å². The molecule has 3 aliphatic carbocycles. The number of hydrogen-bond acceptors (Lipinski definition) is 2. The highest BCUT2D eigenvalue weighted by atomic mass is 32.2. The first-order valence-corrected chi connectivity index (χ1v) is 12.5. The van der Waals surface area contributed by atoms with Crippen LogP contribution in [0.25, 0.3) is 0 Å². The molecule has 0 spiro atoms. The van der Waals surface area contributed by atoms with E-state index in [1.165, 1.54) is 62.2 Å². The molecule has 0 radical (unpaired) electrons. The molecule has 2 heteroatoms. The lowest BCUT2D eigenvalue weighted by Crippen LogP contribution is -2.04. The summed E-state index contributed by atoms with van der Waals surface area (Å²) >= 11 is 2.02. The van der Waals surface area contributed by atoms with E-state index in [1.807, 2.05) is 11.8 Å². The van der Waals surface area contributed by atoms with Gasteiger partial charge in [0.25, 0.3) is 0 Å². The van der Waals surface area contributed by atoms with Crippen molar-refractivity contribution in [3.63, 3.8) is 0 Å². The lowest BCUT2D eigenvalue weighted by atomic mass is 9.91. The van der Waals surface area contributed by atoms with Crippen LogP contribution in [-0.2, 0) is 0 Å². The minimum atomic E-state index is 0.470. The second-order valence-electron chi connectivity index (χ2n) is 10.5. The molecule has 3 saturated carbocycles. The molecule has 0 saturated heterocycles. The average Bonchev–Trinajstić information content (AvgIpc) is 3.58. The number of nitrogens with zero attached hydrogens (tertiary/aromatic N) is 1. The molecule has 1 aliphatic heterocycles. The molecule has 8 unspecified atom stereocenters. The first-order chi connectivity index (χ1) is 13.0. The summed E-state index contributed by atoms with van der Waals surface area (Å²) in [6, 6.07) is 0.470. The van der Waals surface area contributed by atoms with E-state index in [-0.39, 0.29) is 0 Å². The fraction of sp³-hybridized carbons (Fsp3) is 0.800. The van der Waals surface area contributed by atoms with Crippen LogP contribution in [0.2, 0.25) is 0 Å². The highest BCUT2D eigenvalue weighted by molar-refractivity contribution is 8.14. The molecular weight excluding hydrogens is 346 g/mol. The second-order valence-corrected chi connectivity index (χ2v) is 11.5. The molecule has 4 aliphatic rings. The number of hydrogen-bond donors (Lipinski definition) is 0. The van der Waals surface area contributed by atoms with Gasteiger partial charge in [-0.15, -0.1) is 18.3 Å². The number of aliphatic imine (C=N–C) groups is 1. The summed E-state index contributed by atoms with van der Waals surface area (Å²) in [6.45, 7) is 11.2. The van der Waals surface area contributed by atoms with Crippen molar-refractivity contribution in [1.29, 1.82) is 0 Å². The van der Waals surface area contributed by atoms with Gasteiger partial charge >= 0.3 is 0 Å². The summed E-state index contributed by atoms with van der Waals surface area (Å²) in [4.78, 5) is 4.94. The molecular formula is C25H39NS. The topological polar surface area (TPSA) is 12.4 Å². The Morgan fingerprint density at radius 1 is 1.37 bits per heavy atom. The molecule has 0 N–H and O–H groups in total. The van der Waals surface area contributed by atoms with E-state index in [9.17, 15) is 0 Å². The van der Waals surface area contributed by atoms with Crippen LogP contribution in [0.1, 0.15) is 72.1 Å². The molecule has 8 atom stereocenters. The third-order valence-electron chi connectivity index (χ3n) is 7.88. The summed E-state index contributed by atoms with van der Waals surface area (Å²) in [6.07, 6.45) is 18.0. The predicted molar refractivity (Wildman–Crippen MR) is 120 cm³/mol. The largest absolute Gasteiger partial charge is 0.274 e. The van der Waals surface area contributed by atoms with Crippen molar-refractivity contribution in [3.8, 4) is 0 Å². The van der Waals surface area contributed by atoms with E-state index < -0.39 is 0 Å². The molecule has 4 rings (SSSR count). The monoisotopic (exact) mass is 385 g/mol. The fourth-order valence-corrected chi connectivity index (χ4v) is 6.69. The van der Waals surface area contributed by atoms with E-state index >= 15 is 0 Å². The zero-order valence-corrected chi connectivity index (χ0v) is 18.5. The van der Waals surface area contributed by atoms with Crippen molar-refractivity contribution in [2.45, 2.75) is 78.2 Å². The number of rotatable bonds is 11. The van der Waals surface area contributed by atoms with Crippen LogP contribution in [-0.4, -0.2) is 16.8 Å². The second kappa shape index (κ2) is 8.09. The Labute approximate surface area is 171 Å². The fourth-order valence-electron chi connectivity index (χ4n) is 5.41. The SMILES string of the molecule is C=CCC(C)CCC1(C)CC1C1CC1CC/C=C\C1CSC(C2CC2C)=N1. The predicted octanol–water partition coefficient (Wildman–Crippen LogP) is 7.15. The molecule has 1 heterocycles. The van der Waals surface area contributed by atoms with Crippen LogP contribution >= 0.6 is 11.8 Å². The first-order valence-electron chi connectivity index (χ1n) is 11.5. The number of thioether (sulfide) groups is 1. The van der Waals surface area contributed by atoms with E-state index in [0.29, 0.717) is 11.5 Å². The third-order valence-corrected chi connectivity index (χ3v) is 9.09. The number of allylic oxidation sites excluding steroid dienone is 2. The van der Waals surface area contributed by atoms with Gasteiger partial charge in [0.05, 0.1) is 11.1 Å². The molecule has 0 bridgehead atoms. The quantitative estimate of drug-likeness (QED) is 0.344. The normalized spacial score (nSPS) is 43.6. The van der Waals surface area contributed by atoms with Crippen molar-refractivity contribution in [3.05, 3.63) is 24.8 Å². The van der Waals surface area contributed by atoms with Gasteiger partial charge in [-0.05, 0) is 86.4 Å². The van der Waals surface area contributed by atoms with E-state index in [4.69, 9.17) is 4.99 Å². The van der Waals surface area contributed by atoms with Gasteiger partial charge in [-0.1, -0.05) is 39.0 Å². The van der Waals surface area contributed by atoms with Crippen molar-refractivity contribution in [2.75, 3.05) is 5.75 Å². The zero-order chi connectivity index (χ0) is 19.0.